The Bertz CT molecular complexity index is 806. The summed E-state index contributed by atoms with van der Waals surface area (Å²) >= 11 is 0. The van der Waals surface area contributed by atoms with Crippen molar-refractivity contribution in [2.45, 2.75) is 57.3 Å². The van der Waals surface area contributed by atoms with Crippen LogP contribution in [0, 0.1) is 0 Å². The summed E-state index contributed by atoms with van der Waals surface area (Å²) in [5.74, 6) is -3.25. The lowest BCUT2D eigenvalue weighted by Crippen LogP contribution is -2.56. The van der Waals surface area contributed by atoms with Crippen LogP contribution in [0.2, 0.25) is 0 Å². The van der Waals surface area contributed by atoms with Gasteiger partial charge < -0.3 is 43.2 Å². The number of rotatable bonds is 13. The number of hydrogen-bond acceptors (Lipinski definition) is 7. The molecule has 32 heavy (non-hydrogen) atoms. The molecule has 0 aromatic carbocycles. The molecule has 0 bridgehead atoms. The molecule has 14 heteroatoms. The average Bonchev–Trinajstić information content (AvgIpc) is 3.22. The minimum Gasteiger partial charge on any atom is -0.480 e. The van der Waals surface area contributed by atoms with E-state index in [0.29, 0.717) is 12.1 Å². The fraction of sp³-hybridized carbons (Fsp3) is 0.556. The fourth-order valence-corrected chi connectivity index (χ4v) is 2.57. The number of imidazole rings is 1. The van der Waals surface area contributed by atoms with Gasteiger partial charge in [-0.15, -0.1) is 0 Å². The molecule has 0 radical (unpaired) electrons. The van der Waals surface area contributed by atoms with E-state index in [-0.39, 0.29) is 25.3 Å². The number of nitrogens with two attached hydrogens (primary N) is 3. The number of hydrogen-bond donors (Lipinski definition) is 8. The molecule has 14 nitrogen and oxygen atoms in total. The number of aromatic nitrogens is 2. The number of carboxylic acid groups (broad SMARTS) is 1. The van der Waals surface area contributed by atoms with Crippen molar-refractivity contribution in [3.8, 4) is 0 Å². The van der Waals surface area contributed by atoms with Crippen LogP contribution >= 0.6 is 0 Å². The molecule has 0 aliphatic carbocycles. The van der Waals surface area contributed by atoms with Gasteiger partial charge in [-0.1, -0.05) is 0 Å². The van der Waals surface area contributed by atoms with Crippen molar-refractivity contribution in [1.82, 2.24) is 25.9 Å². The first-order chi connectivity index (χ1) is 15.0. The molecule has 1 aromatic rings. The number of amides is 3. The van der Waals surface area contributed by atoms with Gasteiger partial charge in [-0.3, -0.25) is 19.4 Å². The third-order valence-electron chi connectivity index (χ3n) is 4.34. The second-order valence-corrected chi connectivity index (χ2v) is 7.21. The van der Waals surface area contributed by atoms with Crippen molar-refractivity contribution >= 4 is 29.7 Å². The van der Waals surface area contributed by atoms with Crippen molar-refractivity contribution in [2.24, 2.45) is 22.2 Å². The van der Waals surface area contributed by atoms with Crippen LogP contribution in [-0.4, -0.2) is 75.4 Å². The van der Waals surface area contributed by atoms with E-state index in [1.54, 1.807) is 0 Å². The summed E-state index contributed by atoms with van der Waals surface area (Å²) in [5.41, 5.74) is 16.5. The molecule has 0 saturated carbocycles. The Balaban J connectivity index is 2.85. The summed E-state index contributed by atoms with van der Waals surface area (Å²) in [6.45, 7) is 3.10. The monoisotopic (exact) mass is 453 g/mol. The molecule has 1 aromatic heterocycles. The fourth-order valence-electron chi connectivity index (χ4n) is 2.57. The lowest BCUT2D eigenvalue weighted by atomic mass is 10.1. The number of carbonyl (C=O) groups excluding carboxylic acids is 3. The smallest absolute Gasteiger partial charge is 0.326 e. The largest absolute Gasteiger partial charge is 0.480 e. The van der Waals surface area contributed by atoms with Gasteiger partial charge in [0.2, 0.25) is 17.7 Å². The van der Waals surface area contributed by atoms with Crippen LogP contribution in [0.5, 0.6) is 0 Å². The Morgan fingerprint density at radius 2 is 1.75 bits per heavy atom. The van der Waals surface area contributed by atoms with E-state index < -0.39 is 47.9 Å². The van der Waals surface area contributed by atoms with Gasteiger partial charge in [0.05, 0.1) is 12.4 Å². The molecule has 1 rings (SSSR count). The lowest BCUT2D eigenvalue weighted by Gasteiger charge is -2.23. The topological polar surface area (TPSA) is 244 Å². The lowest BCUT2D eigenvalue weighted by molar-refractivity contribution is -0.142. The van der Waals surface area contributed by atoms with Crippen LogP contribution in [0.4, 0.5) is 0 Å². The molecule has 11 N–H and O–H groups in total. The van der Waals surface area contributed by atoms with Crippen molar-refractivity contribution < 1.29 is 24.3 Å². The van der Waals surface area contributed by atoms with Crippen molar-refractivity contribution in [3.63, 3.8) is 0 Å². The van der Waals surface area contributed by atoms with Gasteiger partial charge in [-0.2, -0.15) is 0 Å². The van der Waals surface area contributed by atoms with E-state index in [0.717, 1.165) is 0 Å². The van der Waals surface area contributed by atoms with Gasteiger partial charge in [0.1, 0.15) is 18.1 Å². The summed E-state index contributed by atoms with van der Waals surface area (Å²) < 4.78 is 0. The molecule has 4 atom stereocenters. The Morgan fingerprint density at radius 1 is 1.09 bits per heavy atom. The van der Waals surface area contributed by atoms with Crippen LogP contribution in [0.1, 0.15) is 32.4 Å². The number of nitrogens with one attached hydrogen (secondary N) is 4. The number of aliphatic imine (C=N–C) groups is 1. The van der Waals surface area contributed by atoms with Gasteiger partial charge in [0.25, 0.3) is 0 Å². The van der Waals surface area contributed by atoms with Gasteiger partial charge in [-0.05, 0) is 26.7 Å². The molecule has 1 heterocycles. The highest BCUT2D eigenvalue weighted by atomic mass is 16.4. The molecule has 0 aliphatic heterocycles. The first-order valence-electron chi connectivity index (χ1n) is 9.93. The Labute approximate surface area is 184 Å². The number of nitrogens with zero attached hydrogens (tertiary/aromatic N) is 2. The molecule has 0 fully saturated rings. The highest BCUT2D eigenvalue weighted by Gasteiger charge is 2.28. The quantitative estimate of drug-likeness (QED) is 0.0855. The predicted molar refractivity (Wildman–Crippen MR) is 115 cm³/mol. The zero-order valence-electron chi connectivity index (χ0n) is 18.0. The maximum atomic E-state index is 12.8. The summed E-state index contributed by atoms with van der Waals surface area (Å²) in [4.78, 5) is 59.1. The third-order valence-corrected chi connectivity index (χ3v) is 4.34. The van der Waals surface area contributed by atoms with Gasteiger partial charge >= 0.3 is 5.97 Å². The van der Waals surface area contributed by atoms with Crippen molar-refractivity contribution in [1.29, 1.82) is 0 Å². The molecule has 3 amide bonds. The maximum Gasteiger partial charge on any atom is 0.326 e. The van der Waals surface area contributed by atoms with E-state index in [1.807, 2.05) is 0 Å². The van der Waals surface area contributed by atoms with Crippen LogP contribution in [0.3, 0.4) is 0 Å². The van der Waals surface area contributed by atoms with E-state index in [1.165, 1.54) is 26.4 Å². The average molecular weight is 454 g/mol. The van der Waals surface area contributed by atoms with Gasteiger partial charge in [0, 0.05) is 24.9 Å². The number of H-pyrrole nitrogens is 1. The normalized spacial score (nSPS) is 14.3. The molecule has 4 unspecified atom stereocenters. The standard InChI is InChI=1S/C18H31N9O5/c1-9(19)14(28)25-10(2)15(29)27-13(6-11-7-22-8-24-11)16(30)26-12(17(31)32)4-3-5-23-18(20)21/h7-10,12-13H,3-6,19H2,1-2H3,(H,22,24)(H,25,28)(H,26,30)(H,27,29)(H,31,32)(H4,20,21,23). The van der Waals surface area contributed by atoms with Crippen LogP contribution in [-0.2, 0) is 25.6 Å². The van der Waals surface area contributed by atoms with Crippen LogP contribution < -0.4 is 33.2 Å². The SMILES string of the molecule is CC(N)C(=O)NC(C)C(=O)NC(Cc1cnc[nH]1)C(=O)NC(CCCN=C(N)N)C(=O)O. The van der Waals surface area contributed by atoms with E-state index >= 15 is 0 Å². The van der Waals surface area contributed by atoms with E-state index in [9.17, 15) is 24.3 Å². The maximum absolute atomic E-state index is 12.8. The van der Waals surface area contributed by atoms with Crippen LogP contribution in [0.15, 0.2) is 17.5 Å². The summed E-state index contributed by atoms with van der Waals surface area (Å²) in [6, 6.07) is -4.13. The zero-order valence-corrected chi connectivity index (χ0v) is 18.0. The minimum atomic E-state index is -1.24. The first-order valence-corrected chi connectivity index (χ1v) is 9.93. The highest BCUT2D eigenvalue weighted by Crippen LogP contribution is 2.04. The molecule has 178 valence electrons. The second-order valence-electron chi connectivity index (χ2n) is 7.21. The zero-order chi connectivity index (χ0) is 24.3. The Morgan fingerprint density at radius 3 is 2.28 bits per heavy atom. The Kier molecular flexibility index (Phi) is 10.6. The third kappa shape index (κ3) is 9.42. The number of carbonyl (C=O) groups is 4. The molecule has 0 aliphatic rings. The van der Waals surface area contributed by atoms with Gasteiger partial charge in [0.15, 0.2) is 5.96 Å². The molecular formula is C18H31N9O5. The first kappa shape index (κ1) is 26.4. The van der Waals surface area contributed by atoms with Crippen molar-refractivity contribution in [2.75, 3.05) is 6.54 Å². The number of guanidine groups is 1. The Hall–Kier alpha value is -3.68. The van der Waals surface area contributed by atoms with E-state index in [4.69, 9.17) is 17.2 Å². The minimum absolute atomic E-state index is 0.0197. The second kappa shape index (κ2) is 12.9. The number of carboxylic acids is 1. The van der Waals surface area contributed by atoms with Crippen molar-refractivity contribution in [3.05, 3.63) is 18.2 Å². The summed E-state index contributed by atoms with van der Waals surface area (Å²) in [7, 11) is 0. The molecular weight excluding hydrogens is 422 g/mol. The van der Waals surface area contributed by atoms with Gasteiger partial charge in [-0.25, -0.2) is 9.78 Å². The van der Waals surface area contributed by atoms with Crippen LogP contribution in [0.25, 0.3) is 0 Å². The summed E-state index contributed by atoms with van der Waals surface area (Å²) in [5, 5.41) is 16.8. The number of aromatic amines is 1. The summed E-state index contributed by atoms with van der Waals surface area (Å²) in [6.07, 6.45) is 3.28. The molecule has 0 saturated heterocycles. The number of aliphatic carboxylic acids is 1. The predicted octanol–water partition coefficient (Wildman–Crippen LogP) is -3.09. The molecule has 0 spiro atoms. The highest BCUT2D eigenvalue weighted by molar-refractivity contribution is 5.93. The van der Waals surface area contributed by atoms with E-state index in [2.05, 4.69) is 30.9 Å².